The lowest BCUT2D eigenvalue weighted by Crippen LogP contribution is -2.29. The van der Waals surface area contributed by atoms with Crippen LogP contribution < -0.4 is 5.32 Å². The summed E-state index contributed by atoms with van der Waals surface area (Å²) < 4.78 is 28.1. The third-order valence-corrected chi connectivity index (χ3v) is 5.19. The minimum Gasteiger partial charge on any atom is -0.319 e. The average molecular weight is 391 g/mol. The molecule has 0 aliphatic heterocycles. The number of allylic oxidation sites excluding steroid dienone is 1. The van der Waals surface area contributed by atoms with Gasteiger partial charge in [-0.3, -0.25) is 4.79 Å². The summed E-state index contributed by atoms with van der Waals surface area (Å²) in [4.78, 5) is 14.6. The lowest BCUT2D eigenvalue weighted by atomic mass is 9.90. The number of carbonyl (C=O) groups excluding carboxylic acids is 1. The first-order chi connectivity index (χ1) is 12.9. The summed E-state index contributed by atoms with van der Waals surface area (Å²) in [6, 6.07) is 8.86. The van der Waals surface area contributed by atoms with Gasteiger partial charge in [-0.15, -0.1) is 0 Å². The minimum absolute atomic E-state index is 0.0196. The Morgan fingerprint density at radius 3 is 2.63 bits per heavy atom. The van der Waals surface area contributed by atoms with Gasteiger partial charge < -0.3 is 10.2 Å². The van der Waals surface area contributed by atoms with E-state index in [2.05, 4.69) is 16.3 Å². The van der Waals surface area contributed by atoms with E-state index in [0.717, 1.165) is 37.0 Å². The number of anilines is 1. The maximum atomic E-state index is 15.0. The Morgan fingerprint density at radius 2 is 2.00 bits per heavy atom. The standard InChI is InChI=1S/C21H21ClF2N2O/c1-26(2)15-9-6-13(7-10-15)16-4-3-5-19(20(16)24)25-21(27)17-11-8-14(23)12-18(17)22/h3-6,8,11-12,15H,7,9-10H2,1-2H3,(H,25,27). The van der Waals surface area contributed by atoms with E-state index in [0.29, 0.717) is 11.6 Å². The second-order valence-corrected chi connectivity index (χ2v) is 7.27. The third kappa shape index (κ3) is 4.37. The maximum absolute atomic E-state index is 15.0. The predicted molar refractivity (Wildman–Crippen MR) is 105 cm³/mol. The van der Waals surface area contributed by atoms with E-state index in [9.17, 15) is 13.6 Å². The molecular formula is C21H21ClF2N2O. The molecule has 0 spiro atoms. The number of carbonyl (C=O) groups is 1. The molecule has 1 aliphatic carbocycles. The molecule has 1 amide bonds. The van der Waals surface area contributed by atoms with Crippen molar-refractivity contribution in [1.82, 2.24) is 4.90 Å². The summed E-state index contributed by atoms with van der Waals surface area (Å²) in [5.74, 6) is -1.59. The molecule has 142 valence electrons. The Morgan fingerprint density at radius 1 is 1.22 bits per heavy atom. The molecule has 2 aromatic rings. The highest BCUT2D eigenvalue weighted by Gasteiger charge is 2.21. The summed E-state index contributed by atoms with van der Waals surface area (Å²) in [5.41, 5.74) is 1.61. The van der Waals surface area contributed by atoms with Crippen LogP contribution in [0.15, 0.2) is 42.5 Å². The Balaban J connectivity index is 1.82. The first-order valence-electron chi connectivity index (χ1n) is 8.77. The molecule has 0 aromatic heterocycles. The topological polar surface area (TPSA) is 32.3 Å². The van der Waals surface area contributed by atoms with Gasteiger partial charge in [0.25, 0.3) is 5.91 Å². The van der Waals surface area contributed by atoms with Crippen LogP contribution in [0.1, 0.15) is 35.2 Å². The molecule has 0 saturated heterocycles. The van der Waals surface area contributed by atoms with Crippen LogP contribution in [0, 0.1) is 11.6 Å². The highest BCUT2D eigenvalue weighted by molar-refractivity contribution is 6.34. The number of rotatable bonds is 4. The van der Waals surface area contributed by atoms with Crippen molar-refractivity contribution < 1.29 is 13.6 Å². The number of amides is 1. The van der Waals surface area contributed by atoms with E-state index in [1.165, 1.54) is 12.1 Å². The zero-order chi connectivity index (χ0) is 19.6. The number of hydrogen-bond acceptors (Lipinski definition) is 2. The van der Waals surface area contributed by atoms with Gasteiger partial charge in [-0.1, -0.05) is 29.8 Å². The zero-order valence-electron chi connectivity index (χ0n) is 15.2. The highest BCUT2D eigenvalue weighted by atomic mass is 35.5. The van der Waals surface area contributed by atoms with Crippen LogP contribution in [0.25, 0.3) is 5.57 Å². The van der Waals surface area contributed by atoms with Gasteiger partial charge >= 0.3 is 0 Å². The Hall–Kier alpha value is -2.24. The Labute approximate surface area is 162 Å². The molecule has 2 aromatic carbocycles. The van der Waals surface area contributed by atoms with Gasteiger partial charge in [0.05, 0.1) is 16.3 Å². The van der Waals surface area contributed by atoms with E-state index in [-0.39, 0.29) is 16.3 Å². The molecule has 0 heterocycles. The zero-order valence-corrected chi connectivity index (χ0v) is 16.0. The predicted octanol–water partition coefficient (Wildman–Crippen LogP) is 5.37. The van der Waals surface area contributed by atoms with Crippen LogP contribution in [-0.4, -0.2) is 30.9 Å². The lowest BCUT2D eigenvalue weighted by molar-refractivity contribution is 0.102. The molecule has 3 nitrogen and oxygen atoms in total. The number of halogens is 3. The van der Waals surface area contributed by atoms with Crippen molar-refractivity contribution in [2.75, 3.05) is 19.4 Å². The van der Waals surface area contributed by atoms with Crippen LogP contribution in [0.2, 0.25) is 5.02 Å². The summed E-state index contributed by atoms with van der Waals surface area (Å²) in [6.07, 6.45) is 4.67. The van der Waals surface area contributed by atoms with E-state index in [1.54, 1.807) is 12.1 Å². The highest BCUT2D eigenvalue weighted by Crippen LogP contribution is 2.32. The molecule has 0 fully saturated rings. The van der Waals surface area contributed by atoms with Crippen LogP contribution in [0.4, 0.5) is 14.5 Å². The van der Waals surface area contributed by atoms with E-state index >= 15 is 0 Å². The van der Waals surface area contributed by atoms with Crippen LogP contribution in [0.3, 0.4) is 0 Å². The summed E-state index contributed by atoms with van der Waals surface area (Å²) in [5, 5.41) is 2.52. The molecule has 0 radical (unpaired) electrons. The average Bonchev–Trinajstić information content (AvgIpc) is 2.63. The van der Waals surface area contributed by atoms with Crippen molar-refractivity contribution >= 4 is 28.8 Å². The molecule has 6 heteroatoms. The SMILES string of the molecule is CN(C)C1CC=C(c2cccc(NC(=O)c3ccc(F)cc3Cl)c2F)CC1. The molecule has 1 atom stereocenters. The smallest absolute Gasteiger partial charge is 0.257 e. The normalized spacial score (nSPS) is 17.0. The van der Waals surface area contributed by atoms with Gasteiger partial charge in [-0.25, -0.2) is 8.78 Å². The lowest BCUT2D eigenvalue weighted by Gasteiger charge is -2.28. The van der Waals surface area contributed by atoms with E-state index < -0.39 is 17.5 Å². The fraction of sp³-hybridized carbons (Fsp3) is 0.286. The van der Waals surface area contributed by atoms with Crippen LogP contribution >= 0.6 is 11.6 Å². The van der Waals surface area contributed by atoms with Crippen LogP contribution in [0.5, 0.6) is 0 Å². The molecule has 1 unspecified atom stereocenters. The number of hydrogen-bond donors (Lipinski definition) is 1. The largest absolute Gasteiger partial charge is 0.319 e. The van der Waals surface area contributed by atoms with Crippen molar-refractivity contribution in [3.05, 3.63) is 70.3 Å². The second kappa shape index (κ2) is 8.19. The fourth-order valence-electron chi connectivity index (χ4n) is 3.27. The van der Waals surface area contributed by atoms with Gasteiger partial charge in [-0.05, 0) is 63.2 Å². The van der Waals surface area contributed by atoms with Crippen molar-refractivity contribution in [2.45, 2.75) is 25.3 Å². The molecule has 1 aliphatic rings. The van der Waals surface area contributed by atoms with Crippen molar-refractivity contribution in [2.24, 2.45) is 0 Å². The summed E-state index contributed by atoms with van der Waals surface area (Å²) in [7, 11) is 4.08. The van der Waals surface area contributed by atoms with Crippen molar-refractivity contribution in [1.29, 1.82) is 0 Å². The first-order valence-corrected chi connectivity index (χ1v) is 9.15. The third-order valence-electron chi connectivity index (χ3n) is 4.88. The van der Waals surface area contributed by atoms with E-state index in [1.807, 2.05) is 14.1 Å². The first kappa shape index (κ1) is 19.5. The molecule has 0 bridgehead atoms. The van der Waals surface area contributed by atoms with Gasteiger partial charge in [-0.2, -0.15) is 0 Å². The number of nitrogens with one attached hydrogen (secondary N) is 1. The van der Waals surface area contributed by atoms with E-state index in [4.69, 9.17) is 11.6 Å². The molecule has 3 rings (SSSR count). The van der Waals surface area contributed by atoms with Crippen molar-refractivity contribution in [3.8, 4) is 0 Å². The Bertz CT molecular complexity index is 896. The fourth-order valence-corrected chi connectivity index (χ4v) is 3.53. The molecule has 27 heavy (non-hydrogen) atoms. The molecular weight excluding hydrogens is 370 g/mol. The second-order valence-electron chi connectivity index (χ2n) is 6.87. The Kier molecular flexibility index (Phi) is 5.92. The number of benzene rings is 2. The maximum Gasteiger partial charge on any atom is 0.257 e. The van der Waals surface area contributed by atoms with Crippen molar-refractivity contribution in [3.63, 3.8) is 0 Å². The quantitative estimate of drug-likeness (QED) is 0.761. The van der Waals surface area contributed by atoms with Gasteiger partial charge in [0, 0.05) is 11.6 Å². The minimum atomic E-state index is -0.582. The van der Waals surface area contributed by atoms with Gasteiger partial charge in [0.2, 0.25) is 0 Å². The molecule has 1 N–H and O–H groups in total. The van der Waals surface area contributed by atoms with Gasteiger partial charge in [0.1, 0.15) is 5.82 Å². The monoisotopic (exact) mass is 390 g/mol. The summed E-state index contributed by atoms with van der Waals surface area (Å²) in [6.45, 7) is 0. The summed E-state index contributed by atoms with van der Waals surface area (Å²) >= 11 is 5.91. The number of nitrogens with zero attached hydrogens (tertiary/aromatic N) is 1. The van der Waals surface area contributed by atoms with Gasteiger partial charge in [0.15, 0.2) is 5.82 Å². The van der Waals surface area contributed by atoms with Crippen LogP contribution in [-0.2, 0) is 0 Å². The molecule has 0 saturated carbocycles.